The average molecular weight is 417 g/mol. The normalized spacial score (nSPS) is 16.1. The third-order valence-corrected chi connectivity index (χ3v) is 3.84. The molecule has 5 atom stereocenters. The summed E-state index contributed by atoms with van der Waals surface area (Å²) in [6.07, 6.45) is -1.83. The molecule has 0 bridgehead atoms. The third-order valence-electron chi connectivity index (χ3n) is 3.84. The SMILES string of the molecule is CC(C)CC(NC(=O)C(NC(=O)C(CC(N)=O)NC(=O)C(C)N)C(C)O)C(=O)O. The van der Waals surface area contributed by atoms with Gasteiger partial charge in [-0.2, -0.15) is 0 Å². The van der Waals surface area contributed by atoms with Crippen LogP contribution in [0.3, 0.4) is 0 Å². The first kappa shape index (κ1) is 26.3. The minimum atomic E-state index is -1.53. The van der Waals surface area contributed by atoms with Gasteiger partial charge >= 0.3 is 5.97 Å². The Morgan fingerprint density at radius 3 is 1.76 bits per heavy atom. The zero-order valence-electron chi connectivity index (χ0n) is 17.0. The number of hydrogen-bond acceptors (Lipinski definition) is 7. The number of amides is 4. The number of carbonyl (C=O) groups is 5. The van der Waals surface area contributed by atoms with Crippen molar-refractivity contribution in [3.63, 3.8) is 0 Å². The molecular formula is C17H31N5O7. The Kier molecular flexibility index (Phi) is 10.8. The Hall–Kier alpha value is -2.73. The second-order valence-electron chi connectivity index (χ2n) is 7.28. The molecule has 166 valence electrons. The summed E-state index contributed by atoms with van der Waals surface area (Å²) in [5.74, 6) is -4.82. The Bertz CT molecular complexity index is 621. The lowest BCUT2D eigenvalue weighted by Crippen LogP contribution is -2.60. The number of rotatable bonds is 12. The maximum atomic E-state index is 12.5. The number of carbonyl (C=O) groups excluding carboxylic acids is 4. The monoisotopic (exact) mass is 417 g/mol. The van der Waals surface area contributed by atoms with E-state index in [1.165, 1.54) is 13.8 Å². The van der Waals surface area contributed by atoms with Gasteiger partial charge in [0.25, 0.3) is 0 Å². The number of nitrogens with two attached hydrogens (primary N) is 2. The molecule has 5 unspecified atom stereocenters. The molecule has 0 saturated carbocycles. The maximum absolute atomic E-state index is 12.5. The molecule has 0 radical (unpaired) electrons. The summed E-state index contributed by atoms with van der Waals surface area (Å²) in [4.78, 5) is 59.2. The van der Waals surface area contributed by atoms with E-state index < -0.39 is 66.3 Å². The molecule has 0 aliphatic rings. The highest BCUT2D eigenvalue weighted by Gasteiger charge is 2.33. The van der Waals surface area contributed by atoms with E-state index in [0.29, 0.717) is 0 Å². The van der Waals surface area contributed by atoms with Crippen LogP contribution in [0.25, 0.3) is 0 Å². The fraction of sp³-hybridized carbons (Fsp3) is 0.706. The highest BCUT2D eigenvalue weighted by molar-refractivity contribution is 5.96. The highest BCUT2D eigenvalue weighted by Crippen LogP contribution is 2.06. The quantitative estimate of drug-likeness (QED) is 0.175. The van der Waals surface area contributed by atoms with Crippen LogP contribution in [0.5, 0.6) is 0 Å². The number of nitrogens with one attached hydrogen (secondary N) is 3. The molecule has 0 aromatic heterocycles. The van der Waals surface area contributed by atoms with E-state index in [1.54, 1.807) is 13.8 Å². The van der Waals surface area contributed by atoms with Crippen LogP contribution in [-0.2, 0) is 24.0 Å². The van der Waals surface area contributed by atoms with Crippen molar-refractivity contribution in [1.29, 1.82) is 0 Å². The minimum absolute atomic E-state index is 0.0376. The van der Waals surface area contributed by atoms with Crippen LogP contribution < -0.4 is 27.4 Å². The summed E-state index contributed by atoms with van der Waals surface area (Å²) in [6.45, 7) is 6.12. The van der Waals surface area contributed by atoms with Gasteiger partial charge < -0.3 is 37.6 Å². The van der Waals surface area contributed by atoms with Crippen LogP contribution in [0.4, 0.5) is 0 Å². The first-order valence-corrected chi connectivity index (χ1v) is 9.12. The second-order valence-corrected chi connectivity index (χ2v) is 7.28. The third kappa shape index (κ3) is 9.85. The fourth-order valence-electron chi connectivity index (χ4n) is 2.33. The summed E-state index contributed by atoms with van der Waals surface area (Å²) in [5.41, 5.74) is 10.5. The molecule has 0 spiro atoms. The van der Waals surface area contributed by atoms with Crippen LogP contribution in [-0.4, -0.2) is 70.1 Å². The van der Waals surface area contributed by atoms with E-state index in [1.807, 2.05) is 0 Å². The molecule has 29 heavy (non-hydrogen) atoms. The van der Waals surface area contributed by atoms with Crippen molar-refractivity contribution >= 4 is 29.6 Å². The highest BCUT2D eigenvalue weighted by atomic mass is 16.4. The molecule has 0 aliphatic heterocycles. The van der Waals surface area contributed by atoms with E-state index in [2.05, 4.69) is 16.0 Å². The van der Waals surface area contributed by atoms with E-state index >= 15 is 0 Å². The number of primary amides is 1. The smallest absolute Gasteiger partial charge is 0.326 e. The van der Waals surface area contributed by atoms with Crippen LogP contribution in [0.1, 0.15) is 40.5 Å². The summed E-state index contributed by atoms with van der Waals surface area (Å²) in [7, 11) is 0. The van der Waals surface area contributed by atoms with Crippen molar-refractivity contribution in [2.24, 2.45) is 17.4 Å². The number of hydrogen-bond donors (Lipinski definition) is 7. The van der Waals surface area contributed by atoms with Crippen molar-refractivity contribution in [3.05, 3.63) is 0 Å². The topological polar surface area (TPSA) is 214 Å². The average Bonchev–Trinajstić information content (AvgIpc) is 2.56. The predicted molar refractivity (Wildman–Crippen MR) is 102 cm³/mol. The predicted octanol–water partition coefficient (Wildman–Crippen LogP) is -2.83. The number of aliphatic carboxylic acids is 1. The fourth-order valence-corrected chi connectivity index (χ4v) is 2.33. The van der Waals surface area contributed by atoms with E-state index in [4.69, 9.17) is 11.5 Å². The number of aliphatic hydroxyl groups is 1. The van der Waals surface area contributed by atoms with E-state index in [-0.39, 0.29) is 12.3 Å². The lowest BCUT2D eigenvalue weighted by molar-refractivity contribution is -0.143. The van der Waals surface area contributed by atoms with Gasteiger partial charge in [0, 0.05) is 0 Å². The van der Waals surface area contributed by atoms with Gasteiger partial charge in [-0.1, -0.05) is 13.8 Å². The van der Waals surface area contributed by atoms with Gasteiger partial charge in [0.05, 0.1) is 18.6 Å². The summed E-state index contributed by atoms with van der Waals surface area (Å²) in [6, 6.07) is -5.15. The molecular weight excluding hydrogens is 386 g/mol. The molecule has 12 heteroatoms. The van der Waals surface area contributed by atoms with Gasteiger partial charge in [0.1, 0.15) is 18.1 Å². The molecule has 0 rings (SSSR count). The van der Waals surface area contributed by atoms with Crippen LogP contribution in [0.15, 0.2) is 0 Å². The van der Waals surface area contributed by atoms with Crippen LogP contribution >= 0.6 is 0 Å². The zero-order chi connectivity index (χ0) is 22.9. The Balaban J connectivity index is 5.37. The molecule has 0 fully saturated rings. The van der Waals surface area contributed by atoms with Gasteiger partial charge in [-0.3, -0.25) is 19.2 Å². The van der Waals surface area contributed by atoms with Gasteiger partial charge in [-0.25, -0.2) is 4.79 Å². The first-order chi connectivity index (χ1) is 13.3. The van der Waals surface area contributed by atoms with Crippen LogP contribution in [0.2, 0.25) is 0 Å². The molecule has 12 nitrogen and oxygen atoms in total. The van der Waals surface area contributed by atoms with Gasteiger partial charge in [0.15, 0.2) is 0 Å². The van der Waals surface area contributed by atoms with Crippen molar-refractivity contribution < 1.29 is 34.2 Å². The summed E-state index contributed by atoms with van der Waals surface area (Å²) in [5, 5.41) is 25.8. The summed E-state index contributed by atoms with van der Waals surface area (Å²) >= 11 is 0. The molecule has 0 aromatic carbocycles. The molecule has 0 heterocycles. The summed E-state index contributed by atoms with van der Waals surface area (Å²) < 4.78 is 0. The molecule has 0 aromatic rings. The van der Waals surface area contributed by atoms with Crippen molar-refractivity contribution in [2.45, 2.75) is 70.8 Å². The lowest BCUT2D eigenvalue weighted by atomic mass is 10.0. The Morgan fingerprint density at radius 1 is 0.862 bits per heavy atom. The lowest BCUT2D eigenvalue weighted by Gasteiger charge is -2.26. The van der Waals surface area contributed by atoms with Crippen molar-refractivity contribution in [1.82, 2.24) is 16.0 Å². The van der Waals surface area contributed by atoms with Crippen molar-refractivity contribution in [2.75, 3.05) is 0 Å². The minimum Gasteiger partial charge on any atom is -0.480 e. The Morgan fingerprint density at radius 2 is 1.38 bits per heavy atom. The van der Waals surface area contributed by atoms with Crippen molar-refractivity contribution in [3.8, 4) is 0 Å². The second kappa shape index (κ2) is 12.0. The largest absolute Gasteiger partial charge is 0.480 e. The number of carboxylic acids is 1. The van der Waals surface area contributed by atoms with E-state index in [9.17, 15) is 34.2 Å². The number of carboxylic acid groups (broad SMARTS) is 1. The maximum Gasteiger partial charge on any atom is 0.326 e. The molecule has 4 amide bonds. The molecule has 0 saturated heterocycles. The number of aliphatic hydroxyl groups excluding tert-OH is 1. The first-order valence-electron chi connectivity index (χ1n) is 9.12. The van der Waals surface area contributed by atoms with Gasteiger partial charge in [-0.15, -0.1) is 0 Å². The van der Waals surface area contributed by atoms with E-state index in [0.717, 1.165) is 0 Å². The Labute approximate surface area is 168 Å². The van der Waals surface area contributed by atoms with Gasteiger partial charge in [-0.05, 0) is 26.2 Å². The van der Waals surface area contributed by atoms with Gasteiger partial charge in [0.2, 0.25) is 23.6 Å². The molecule has 9 N–H and O–H groups in total. The molecule has 0 aliphatic carbocycles. The standard InChI is InChI=1S/C17H31N5O7/c1-7(2)5-11(17(28)29)21-16(27)13(9(4)23)22-15(26)10(6-12(19)24)20-14(25)8(3)18/h7-11,13,23H,5-6,18H2,1-4H3,(H2,19,24)(H,20,25)(H,21,27)(H,22,26)(H,28,29). The zero-order valence-corrected chi connectivity index (χ0v) is 17.0. The van der Waals surface area contributed by atoms with Crippen LogP contribution in [0, 0.1) is 5.92 Å².